The molecule has 0 radical (unpaired) electrons. The van der Waals surface area contributed by atoms with Crippen LogP contribution in [0.15, 0.2) is 30.5 Å². The van der Waals surface area contributed by atoms with Crippen molar-refractivity contribution in [1.29, 1.82) is 0 Å². The topological polar surface area (TPSA) is 82.5 Å². The van der Waals surface area contributed by atoms with Crippen LogP contribution < -0.4 is 10.6 Å². The zero-order chi connectivity index (χ0) is 24.0. The van der Waals surface area contributed by atoms with Gasteiger partial charge in [-0.15, -0.1) is 0 Å². The van der Waals surface area contributed by atoms with Gasteiger partial charge in [0.2, 0.25) is 5.95 Å². The van der Waals surface area contributed by atoms with Crippen molar-refractivity contribution in [2.24, 2.45) is 5.92 Å². The summed E-state index contributed by atoms with van der Waals surface area (Å²) in [5.41, 5.74) is 3.46. The molecule has 7 heteroatoms. The van der Waals surface area contributed by atoms with Gasteiger partial charge in [-0.05, 0) is 101 Å². The first-order valence-corrected chi connectivity index (χ1v) is 13.6. The van der Waals surface area contributed by atoms with Crippen molar-refractivity contribution in [3.05, 3.63) is 41.6 Å². The van der Waals surface area contributed by atoms with Gasteiger partial charge in [-0.2, -0.15) is 4.98 Å². The molecule has 3 heterocycles. The Morgan fingerprint density at radius 2 is 1.80 bits per heavy atom. The molecule has 1 aliphatic carbocycles. The molecule has 0 amide bonds. The van der Waals surface area contributed by atoms with Crippen LogP contribution in [0, 0.1) is 12.8 Å². The summed E-state index contributed by atoms with van der Waals surface area (Å²) in [7, 11) is 0. The van der Waals surface area contributed by atoms with Crippen molar-refractivity contribution in [2.45, 2.75) is 76.4 Å². The number of likely N-dealkylation sites (tertiary alicyclic amines) is 1. The Morgan fingerprint density at radius 3 is 2.54 bits per heavy atom. The van der Waals surface area contributed by atoms with E-state index in [1.807, 2.05) is 18.3 Å². The predicted octanol–water partition coefficient (Wildman–Crippen LogP) is 4.85. The zero-order valence-corrected chi connectivity index (χ0v) is 21.1. The fourth-order valence-corrected chi connectivity index (χ4v) is 5.85. The molecule has 190 valence electrons. The predicted molar refractivity (Wildman–Crippen MR) is 140 cm³/mol. The minimum atomic E-state index is -0.156. The lowest BCUT2D eigenvalue weighted by Crippen LogP contribution is -2.38. The summed E-state index contributed by atoms with van der Waals surface area (Å²) in [4.78, 5) is 12.4. The Bertz CT molecular complexity index is 948. The van der Waals surface area contributed by atoms with Gasteiger partial charge in [-0.1, -0.05) is 12.1 Å². The monoisotopic (exact) mass is 479 g/mol. The molecule has 3 fully saturated rings. The third-order valence-electron chi connectivity index (χ3n) is 8.01. The van der Waals surface area contributed by atoms with Crippen molar-refractivity contribution < 1.29 is 9.84 Å². The summed E-state index contributed by atoms with van der Waals surface area (Å²) < 4.78 is 5.54. The molecular weight excluding hydrogens is 438 g/mol. The van der Waals surface area contributed by atoms with Crippen molar-refractivity contribution in [3.63, 3.8) is 0 Å². The number of piperidine rings is 1. The van der Waals surface area contributed by atoms with Crippen LogP contribution in [0.4, 0.5) is 17.5 Å². The number of aryl methyl sites for hydroxylation is 1. The van der Waals surface area contributed by atoms with E-state index in [0.29, 0.717) is 17.9 Å². The van der Waals surface area contributed by atoms with Gasteiger partial charge in [0.1, 0.15) is 5.82 Å². The van der Waals surface area contributed by atoms with Gasteiger partial charge in [0, 0.05) is 43.2 Å². The lowest BCUT2D eigenvalue weighted by molar-refractivity contribution is 0.0488. The lowest BCUT2D eigenvalue weighted by atomic mass is 9.88. The van der Waals surface area contributed by atoms with E-state index in [2.05, 4.69) is 34.6 Å². The van der Waals surface area contributed by atoms with Gasteiger partial charge in [0.05, 0.1) is 6.10 Å². The second-order valence-corrected chi connectivity index (χ2v) is 10.8. The molecule has 2 aromatic rings. The molecule has 5 rings (SSSR count). The van der Waals surface area contributed by atoms with Gasteiger partial charge in [0.25, 0.3) is 0 Å². The third kappa shape index (κ3) is 6.72. The van der Waals surface area contributed by atoms with Crippen LogP contribution in [0.25, 0.3) is 0 Å². The molecule has 2 saturated heterocycles. The number of aromatic nitrogens is 2. The maximum Gasteiger partial charge on any atom is 0.229 e. The molecule has 7 nitrogen and oxygen atoms in total. The molecule has 0 atom stereocenters. The molecule has 1 aromatic heterocycles. The van der Waals surface area contributed by atoms with Gasteiger partial charge in [0.15, 0.2) is 0 Å². The Kier molecular flexibility index (Phi) is 8.16. The number of aliphatic hydroxyl groups is 1. The maximum atomic E-state index is 9.95. The number of hydrogen-bond acceptors (Lipinski definition) is 7. The molecule has 0 spiro atoms. The molecule has 1 saturated carbocycles. The number of rotatable bonds is 7. The molecule has 35 heavy (non-hydrogen) atoms. The normalized spacial score (nSPS) is 24.9. The summed E-state index contributed by atoms with van der Waals surface area (Å²) >= 11 is 0. The molecule has 1 aromatic carbocycles. The van der Waals surface area contributed by atoms with Crippen LogP contribution in [0.5, 0.6) is 0 Å². The number of aliphatic hydroxyl groups excluding tert-OH is 1. The number of benzene rings is 1. The van der Waals surface area contributed by atoms with Gasteiger partial charge in [-0.3, -0.25) is 0 Å². The standard InChI is InChI=1S/C28H41N5O2/c1-20-3-2-4-24(17-20)31-28-29-18-26(27(32-28)30-23-5-7-25(34)8-6-23)22-9-13-33(14-10-22)19-21-11-15-35-16-12-21/h2-4,17-18,21-23,25,34H,5-16,19H2,1H3,(H2,29,30,31,32). The minimum absolute atomic E-state index is 0.156. The van der Waals surface area contributed by atoms with Crippen molar-refractivity contribution in [2.75, 3.05) is 43.5 Å². The summed E-state index contributed by atoms with van der Waals surface area (Å²) in [6.07, 6.45) is 10.3. The van der Waals surface area contributed by atoms with Crippen LogP contribution in [-0.4, -0.2) is 65.0 Å². The Balaban J connectivity index is 1.28. The van der Waals surface area contributed by atoms with E-state index >= 15 is 0 Å². The van der Waals surface area contributed by atoms with Crippen molar-refractivity contribution in [3.8, 4) is 0 Å². The van der Waals surface area contributed by atoms with Gasteiger partial charge >= 0.3 is 0 Å². The summed E-state index contributed by atoms with van der Waals surface area (Å²) in [5.74, 6) is 2.87. The van der Waals surface area contributed by atoms with Gasteiger partial charge < -0.3 is 25.4 Å². The minimum Gasteiger partial charge on any atom is -0.393 e. The van der Waals surface area contributed by atoms with Crippen molar-refractivity contribution >= 4 is 17.5 Å². The van der Waals surface area contributed by atoms with Crippen LogP contribution in [0.1, 0.15) is 68.4 Å². The smallest absolute Gasteiger partial charge is 0.229 e. The Morgan fingerprint density at radius 1 is 1.03 bits per heavy atom. The highest BCUT2D eigenvalue weighted by Gasteiger charge is 2.27. The molecule has 0 bridgehead atoms. The van der Waals surface area contributed by atoms with E-state index in [9.17, 15) is 5.11 Å². The quantitative estimate of drug-likeness (QED) is 0.524. The lowest BCUT2D eigenvalue weighted by Gasteiger charge is -2.36. The SMILES string of the molecule is Cc1cccc(Nc2ncc(C3CCN(CC4CCOCC4)CC3)c(NC3CCC(O)CC3)n2)c1. The van der Waals surface area contributed by atoms with E-state index in [1.165, 1.54) is 30.5 Å². The highest BCUT2D eigenvalue weighted by atomic mass is 16.5. The third-order valence-corrected chi connectivity index (χ3v) is 8.01. The van der Waals surface area contributed by atoms with E-state index in [1.54, 1.807) is 0 Å². The first-order chi connectivity index (χ1) is 17.1. The first-order valence-electron chi connectivity index (χ1n) is 13.6. The highest BCUT2D eigenvalue weighted by molar-refractivity contribution is 5.57. The number of nitrogens with zero attached hydrogens (tertiary/aromatic N) is 3. The molecule has 2 aliphatic heterocycles. The Labute approximate surface area is 209 Å². The van der Waals surface area contributed by atoms with E-state index < -0.39 is 0 Å². The summed E-state index contributed by atoms with van der Waals surface area (Å²) in [6.45, 7) is 7.43. The van der Waals surface area contributed by atoms with Crippen LogP contribution in [0.3, 0.4) is 0 Å². The highest BCUT2D eigenvalue weighted by Crippen LogP contribution is 2.34. The second kappa shape index (κ2) is 11.7. The largest absolute Gasteiger partial charge is 0.393 e. The van der Waals surface area contributed by atoms with E-state index in [0.717, 1.165) is 82.3 Å². The fraction of sp³-hybridized carbons (Fsp3) is 0.643. The number of ether oxygens (including phenoxy) is 1. The first kappa shape index (κ1) is 24.5. The van der Waals surface area contributed by atoms with E-state index in [-0.39, 0.29) is 6.10 Å². The average molecular weight is 480 g/mol. The van der Waals surface area contributed by atoms with Crippen LogP contribution in [0.2, 0.25) is 0 Å². The Hall–Kier alpha value is -2.22. The number of hydrogen-bond donors (Lipinski definition) is 3. The number of nitrogens with one attached hydrogen (secondary N) is 2. The van der Waals surface area contributed by atoms with Crippen molar-refractivity contribution in [1.82, 2.24) is 14.9 Å². The molecule has 3 aliphatic rings. The average Bonchev–Trinajstić information content (AvgIpc) is 2.87. The fourth-order valence-electron chi connectivity index (χ4n) is 5.85. The second-order valence-electron chi connectivity index (χ2n) is 10.8. The zero-order valence-electron chi connectivity index (χ0n) is 21.1. The molecule has 0 unspecified atom stereocenters. The van der Waals surface area contributed by atoms with E-state index in [4.69, 9.17) is 14.7 Å². The molecular formula is C28H41N5O2. The summed E-state index contributed by atoms with van der Waals surface area (Å²) in [5, 5.41) is 17.1. The maximum absolute atomic E-state index is 9.95. The van der Waals surface area contributed by atoms with Crippen LogP contribution >= 0.6 is 0 Å². The van der Waals surface area contributed by atoms with Gasteiger partial charge in [-0.25, -0.2) is 4.98 Å². The molecule has 3 N–H and O–H groups in total. The number of anilines is 3. The van der Waals surface area contributed by atoms with Crippen LogP contribution in [-0.2, 0) is 4.74 Å². The summed E-state index contributed by atoms with van der Waals surface area (Å²) in [6, 6.07) is 8.66.